The number of allylic oxidation sites excluding steroid dienone is 1. The van der Waals surface area contributed by atoms with Gasteiger partial charge in [0.1, 0.15) is 0 Å². The largest absolute Gasteiger partial charge is 0.0993 e. The fraction of sp³-hybridized carbons (Fsp3) is 0.556. The second kappa shape index (κ2) is 8.13. The molecule has 0 aliphatic carbocycles. The maximum atomic E-state index is 4.21. The van der Waals surface area contributed by atoms with Crippen molar-refractivity contribution in [3.8, 4) is 0 Å². The Balaban J connectivity index is 0.00000137. The van der Waals surface area contributed by atoms with Crippen LogP contribution in [0, 0.1) is 26.7 Å². The van der Waals surface area contributed by atoms with Gasteiger partial charge in [0.25, 0.3) is 0 Å². The molecule has 0 heteroatoms. The summed E-state index contributed by atoms with van der Waals surface area (Å²) in [7, 11) is 0. The number of aryl methyl sites for hydroxylation is 1. The van der Waals surface area contributed by atoms with Crippen LogP contribution in [0.3, 0.4) is 0 Å². The van der Waals surface area contributed by atoms with E-state index in [0.29, 0.717) is 5.92 Å². The van der Waals surface area contributed by atoms with E-state index >= 15 is 0 Å². The Kier molecular flexibility index (Phi) is 7.66. The van der Waals surface area contributed by atoms with Crippen LogP contribution in [0.25, 0.3) is 0 Å². The fourth-order valence-corrected chi connectivity index (χ4v) is 1.91. The standard InChI is InChI=1S/C16H24.C2H6/c1-7-11(2)13(4)10-16-9-8-12(3)14(5)15(16)6;1-2/h8-9,11H,4,7,10H2,1-3,5-6H3;1-2H3/t11-;/m0./s1. The lowest BCUT2D eigenvalue weighted by atomic mass is 9.90. The number of benzene rings is 1. The molecule has 0 N–H and O–H groups in total. The molecule has 0 bridgehead atoms. The highest BCUT2D eigenvalue weighted by atomic mass is 14.1. The first-order valence-corrected chi connectivity index (χ1v) is 7.20. The molecule has 1 rings (SSSR count). The lowest BCUT2D eigenvalue weighted by molar-refractivity contribution is 0.640. The lowest BCUT2D eigenvalue weighted by Crippen LogP contribution is -2.02. The smallest absolute Gasteiger partial charge is 0.00644 e. The first-order valence-electron chi connectivity index (χ1n) is 7.20. The maximum absolute atomic E-state index is 4.21. The van der Waals surface area contributed by atoms with Gasteiger partial charge in [-0.05, 0) is 61.8 Å². The van der Waals surface area contributed by atoms with Gasteiger partial charge in [-0.2, -0.15) is 0 Å². The van der Waals surface area contributed by atoms with Gasteiger partial charge in [0, 0.05) is 0 Å². The van der Waals surface area contributed by atoms with E-state index in [-0.39, 0.29) is 0 Å². The van der Waals surface area contributed by atoms with Crippen LogP contribution >= 0.6 is 0 Å². The zero-order valence-corrected chi connectivity index (χ0v) is 13.4. The summed E-state index contributed by atoms with van der Waals surface area (Å²) in [4.78, 5) is 0. The minimum atomic E-state index is 0.626. The zero-order valence-electron chi connectivity index (χ0n) is 13.4. The number of hydrogen-bond donors (Lipinski definition) is 0. The lowest BCUT2D eigenvalue weighted by Gasteiger charge is -2.16. The van der Waals surface area contributed by atoms with E-state index < -0.39 is 0 Å². The first-order chi connectivity index (χ1) is 8.47. The predicted octanol–water partition coefficient (Wildman–Crippen LogP) is 5.78. The Morgan fingerprint density at radius 3 is 2.17 bits per heavy atom. The molecule has 0 fully saturated rings. The normalized spacial score (nSPS) is 11.5. The summed E-state index contributed by atoms with van der Waals surface area (Å²) in [5.74, 6) is 0.626. The van der Waals surface area contributed by atoms with E-state index in [4.69, 9.17) is 0 Å². The van der Waals surface area contributed by atoms with E-state index in [1.54, 1.807) is 0 Å². The van der Waals surface area contributed by atoms with Crippen molar-refractivity contribution in [2.45, 2.75) is 61.3 Å². The summed E-state index contributed by atoms with van der Waals surface area (Å²) in [6.45, 7) is 19.3. The van der Waals surface area contributed by atoms with E-state index in [9.17, 15) is 0 Å². The van der Waals surface area contributed by atoms with Gasteiger partial charge < -0.3 is 0 Å². The molecule has 0 radical (unpaired) electrons. The van der Waals surface area contributed by atoms with Crippen LogP contribution in [-0.2, 0) is 6.42 Å². The van der Waals surface area contributed by atoms with Crippen LogP contribution in [0.5, 0.6) is 0 Å². The highest BCUT2D eigenvalue weighted by Crippen LogP contribution is 2.23. The van der Waals surface area contributed by atoms with E-state index in [0.717, 1.165) is 6.42 Å². The molecule has 0 heterocycles. The van der Waals surface area contributed by atoms with Crippen LogP contribution in [0.1, 0.15) is 56.4 Å². The minimum Gasteiger partial charge on any atom is -0.0993 e. The van der Waals surface area contributed by atoms with Crippen molar-refractivity contribution >= 4 is 0 Å². The molecule has 1 atom stereocenters. The monoisotopic (exact) mass is 246 g/mol. The molecule has 0 saturated carbocycles. The summed E-state index contributed by atoms with van der Waals surface area (Å²) in [5, 5.41) is 0. The molecule has 1 aromatic rings. The summed E-state index contributed by atoms with van der Waals surface area (Å²) < 4.78 is 0. The topological polar surface area (TPSA) is 0 Å². The van der Waals surface area contributed by atoms with Gasteiger partial charge >= 0.3 is 0 Å². The van der Waals surface area contributed by atoms with Crippen LogP contribution in [0.2, 0.25) is 0 Å². The molecular weight excluding hydrogens is 216 g/mol. The maximum Gasteiger partial charge on any atom is -0.00644 e. The Morgan fingerprint density at radius 2 is 1.67 bits per heavy atom. The first kappa shape index (κ1) is 17.0. The number of hydrogen-bond acceptors (Lipinski definition) is 0. The van der Waals surface area contributed by atoms with Gasteiger partial charge in [-0.3, -0.25) is 0 Å². The van der Waals surface area contributed by atoms with Crippen LogP contribution < -0.4 is 0 Å². The van der Waals surface area contributed by atoms with Gasteiger partial charge in [-0.1, -0.05) is 52.0 Å². The molecule has 0 unspecified atom stereocenters. The second-order valence-corrected chi connectivity index (χ2v) is 4.94. The summed E-state index contributed by atoms with van der Waals surface area (Å²) in [6.07, 6.45) is 2.21. The third-order valence-corrected chi connectivity index (χ3v) is 3.90. The molecule has 0 aliphatic heterocycles. The Morgan fingerprint density at radius 1 is 1.11 bits per heavy atom. The van der Waals surface area contributed by atoms with E-state index in [1.807, 2.05) is 13.8 Å². The van der Waals surface area contributed by atoms with Crippen molar-refractivity contribution < 1.29 is 0 Å². The molecule has 18 heavy (non-hydrogen) atoms. The van der Waals surface area contributed by atoms with E-state index in [2.05, 4.69) is 53.3 Å². The molecular formula is C18H30. The highest BCUT2D eigenvalue weighted by molar-refractivity contribution is 5.40. The zero-order chi connectivity index (χ0) is 14.3. The second-order valence-electron chi connectivity index (χ2n) is 4.94. The van der Waals surface area contributed by atoms with Crippen LogP contribution in [-0.4, -0.2) is 0 Å². The van der Waals surface area contributed by atoms with Gasteiger partial charge in [-0.25, -0.2) is 0 Å². The van der Waals surface area contributed by atoms with Crippen molar-refractivity contribution in [1.82, 2.24) is 0 Å². The predicted molar refractivity (Wildman–Crippen MR) is 84.3 cm³/mol. The third kappa shape index (κ3) is 4.33. The fourth-order valence-electron chi connectivity index (χ4n) is 1.91. The Labute approximate surface area is 114 Å². The molecule has 0 aromatic heterocycles. The van der Waals surface area contributed by atoms with Crippen molar-refractivity contribution in [3.05, 3.63) is 46.5 Å². The van der Waals surface area contributed by atoms with Crippen molar-refractivity contribution in [2.24, 2.45) is 5.92 Å². The average Bonchev–Trinajstić information content (AvgIpc) is 2.40. The molecule has 0 saturated heterocycles. The van der Waals surface area contributed by atoms with Gasteiger partial charge in [-0.15, -0.1) is 0 Å². The van der Waals surface area contributed by atoms with Gasteiger partial charge in [0.15, 0.2) is 0 Å². The summed E-state index contributed by atoms with van der Waals surface area (Å²) >= 11 is 0. The van der Waals surface area contributed by atoms with Crippen molar-refractivity contribution in [2.75, 3.05) is 0 Å². The van der Waals surface area contributed by atoms with Crippen LogP contribution in [0.15, 0.2) is 24.3 Å². The molecule has 0 nitrogen and oxygen atoms in total. The molecule has 1 aromatic carbocycles. The molecule has 0 spiro atoms. The average molecular weight is 246 g/mol. The summed E-state index contributed by atoms with van der Waals surface area (Å²) in [5.41, 5.74) is 7.04. The van der Waals surface area contributed by atoms with Crippen molar-refractivity contribution in [3.63, 3.8) is 0 Å². The quantitative estimate of drug-likeness (QED) is 0.590. The van der Waals surface area contributed by atoms with Crippen LogP contribution in [0.4, 0.5) is 0 Å². The minimum absolute atomic E-state index is 0.626. The molecule has 0 amide bonds. The number of rotatable bonds is 4. The van der Waals surface area contributed by atoms with Crippen molar-refractivity contribution in [1.29, 1.82) is 0 Å². The summed E-state index contributed by atoms with van der Waals surface area (Å²) in [6, 6.07) is 4.48. The molecule has 0 aliphatic rings. The Bertz CT molecular complexity index is 385. The molecule has 102 valence electrons. The van der Waals surface area contributed by atoms with Gasteiger partial charge in [0.2, 0.25) is 0 Å². The highest BCUT2D eigenvalue weighted by Gasteiger charge is 2.08. The van der Waals surface area contributed by atoms with E-state index in [1.165, 1.54) is 34.2 Å². The Hall–Kier alpha value is -1.04. The SMILES string of the molecule is C=C(Cc1ccc(C)c(C)c1C)[C@@H](C)CC.CC. The van der Waals surface area contributed by atoms with Gasteiger partial charge in [0.05, 0.1) is 0 Å². The third-order valence-electron chi connectivity index (χ3n) is 3.90.